The van der Waals surface area contributed by atoms with Gasteiger partial charge in [-0.2, -0.15) is 5.10 Å². The first-order chi connectivity index (χ1) is 13.8. The SMILES string of the molecule is Cc1nn([C@@H]2CCS(=O)(=O)C2)c(Cl)c1/C=C/C(=O)OCc1nc2ccccc2s1. The Labute approximate surface area is 176 Å². The minimum Gasteiger partial charge on any atom is -0.455 e. The first kappa shape index (κ1) is 20.1. The molecule has 0 bridgehead atoms. The number of benzene rings is 1. The molecule has 0 spiro atoms. The van der Waals surface area contributed by atoms with E-state index >= 15 is 0 Å². The van der Waals surface area contributed by atoms with E-state index in [1.807, 2.05) is 24.3 Å². The highest BCUT2D eigenvalue weighted by molar-refractivity contribution is 7.91. The van der Waals surface area contributed by atoms with Gasteiger partial charge in [-0.25, -0.2) is 22.9 Å². The van der Waals surface area contributed by atoms with Crippen molar-refractivity contribution in [1.29, 1.82) is 0 Å². The Morgan fingerprint density at radius 1 is 1.41 bits per heavy atom. The van der Waals surface area contributed by atoms with Crippen LogP contribution in [-0.2, 0) is 26.0 Å². The average Bonchev–Trinajstić information content (AvgIpc) is 3.33. The number of aryl methyl sites for hydroxylation is 1. The number of ether oxygens (including phenoxy) is 1. The molecule has 7 nitrogen and oxygen atoms in total. The molecule has 29 heavy (non-hydrogen) atoms. The van der Waals surface area contributed by atoms with E-state index in [0.29, 0.717) is 22.8 Å². The van der Waals surface area contributed by atoms with E-state index < -0.39 is 15.8 Å². The zero-order valence-corrected chi connectivity index (χ0v) is 17.9. The number of aromatic nitrogens is 3. The van der Waals surface area contributed by atoms with Gasteiger partial charge in [0.1, 0.15) is 16.8 Å². The molecule has 4 rings (SSSR count). The van der Waals surface area contributed by atoms with E-state index in [1.54, 1.807) is 13.0 Å². The number of hydrogen-bond donors (Lipinski definition) is 0. The van der Waals surface area contributed by atoms with Gasteiger partial charge in [0.05, 0.1) is 33.5 Å². The van der Waals surface area contributed by atoms with E-state index in [9.17, 15) is 13.2 Å². The van der Waals surface area contributed by atoms with Crippen molar-refractivity contribution in [1.82, 2.24) is 14.8 Å². The van der Waals surface area contributed by atoms with Gasteiger partial charge in [-0.1, -0.05) is 23.7 Å². The van der Waals surface area contributed by atoms with Crippen molar-refractivity contribution < 1.29 is 17.9 Å². The van der Waals surface area contributed by atoms with E-state index in [2.05, 4.69) is 10.1 Å². The third-order valence-corrected chi connectivity index (χ3v) is 7.82. The summed E-state index contributed by atoms with van der Waals surface area (Å²) in [6.07, 6.45) is 3.32. The molecule has 0 saturated carbocycles. The van der Waals surface area contributed by atoms with Gasteiger partial charge in [-0.15, -0.1) is 11.3 Å². The van der Waals surface area contributed by atoms with Gasteiger partial charge < -0.3 is 4.74 Å². The Kier molecular flexibility index (Phi) is 5.46. The zero-order valence-electron chi connectivity index (χ0n) is 15.5. The van der Waals surface area contributed by atoms with Crippen LogP contribution in [0.25, 0.3) is 16.3 Å². The Morgan fingerprint density at radius 3 is 2.93 bits per heavy atom. The zero-order chi connectivity index (χ0) is 20.6. The molecular weight excluding hydrogens is 434 g/mol. The minimum absolute atomic E-state index is 0.0290. The van der Waals surface area contributed by atoms with Crippen LogP contribution in [0.4, 0.5) is 0 Å². The number of halogens is 1. The summed E-state index contributed by atoms with van der Waals surface area (Å²) in [5.41, 5.74) is 2.07. The summed E-state index contributed by atoms with van der Waals surface area (Å²) in [6.45, 7) is 1.85. The fourth-order valence-corrected chi connectivity index (χ4v) is 6.19. The summed E-state index contributed by atoms with van der Waals surface area (Å²) < 4.78 is 31.3. The maximum atomic E-state index is 12.1. The molecule has 1 saturated heterocycles. The highest BCUT2D eigenvalue weighted by Crippen LogP contribution is 2.30. The second-order valence-corrected chi connectivity index (χ2v) is 10.5. The van der Waals surface area contributed by atoms with Crippen LogP contribution in [0.15, 0.2) is 30.3 Å². The number of esters is 1. The number of thiazole rings is 1. The number of nitrogens with zero attached hydrogens (tertiary/aromatic N) is 3. The molecule has 0 aliphatic carbocycles. The van der Waals surface area contributed by atoms with Crippen molar-refractivity contribution in [2.45, 2.75) is 26.0 Å². The van der Waals surface area contributed by atoms with Crippen LogP contribution in [0, 0.1) is 6.92 Å². The van der Waals surface area contributed by atoms with Crippen LogP contribution in [0.1, 0.15) is 28.7 Å². The van der Waals surface area contributed by atoms with Crippen molar-refractivity contribution in [2.24, 2.45) is 0 Å². The molecule has 1 aromatic carbocycles. The summed E-state index contributed by atoms with van der Waals surface area (Å²) in [5.74, 6) is -0.354. The predicted octanol–water partition coefficient (Wildman–Crippen LogP) is 3.57. The highest BCUT2D eigenvalue weighted by Gasteiger charge is 2.31. The van der Waals surface area contributed by atoms with Crippen molar-refractivity contribution in [2.75, 3.05) is 11.5 Å². The molecule has 152 valence electrons. The summed E-state index contributed by atoms with van der Waals surface area (Å²) in [4.78, 5) is 16.5. The Hall–Kier alpha value is -2.23. The average molecular weight is 452 g/mol. The topological polar surface area (TPSA) is 91.2 Å². The van der Waals surface area contributed by atoms with Crippen LogP contribution >= 0.6 is 22.9 Å². The van der Waals surface area contributed by atoms with Gasteiger partial charge in [0.25, 0.3) is 0 Å². The predicted molar refractivity (Wildman–Crippen MR) is 113 cm³/mol. The number of rotatable bonds is 5. The number of fused-ring (bicyclic) bond motifs is 1. The lowest BCUT2D eigenvalue weighted by atomic mass is 10.2. The van der Waals surface area contributed by atoms with Crippen molar-refractivity contribution in [3.63, 3.8) is 0 Å². The fourth-order valence-electron chi connectivity index (χ4n) is 3.25. The van der Waals surface area contributed by atoms with Gasteiger partial charge >= 0.3 is 5.97 Å². The molecule has 3 heterocycles. The van der Waals surface area contributed by atoms with Crippen molar-refractivity contribution in [3.05, 3.63) is 51.8 Å². The number of carbonyl (C=O) groups excluding carboxylic acids is 1. The smallest absolute Gasteiger partial charge is 0.331 e. The first-order valence-electron chi connectivity index (χ1n) is 8.97. The van der Waals surface area contributed by atoms with Crippen molar-refractivity contribution in [3.8, 4) is 0 Å². The molecule has 1 aliphatic heterocycles. The molecule has 2 aromatic heterocycles. The highest BCUT2D eigenvalue weighted by atomic mass is 35.5. The molecule has 10 heteroatoms. The molecule has 1 fully saturated rings. The molecule has 1 atom stereocenters. The third-order valence-electron chi connectivity index (χ3n) is 4.69. The van der Waals surface area contributed by atoms with Crippen LogP contribution in [-0.4, -0.2) is 40.7 Å². The van der Waals surface area contributed by atoms with Gasteiger partial charge in [-0.05, 0) is 31.6 Å². The lowest BCUT2D eigenvalue weighted by Crippen LogP contribution is -2.12. The molecule has 0 radical (unpaired) electrons. The Morgan fingerprint density at radius 2 is 2.21 bits per heavy atom. The second-order valence-electron chi connectivity index (χ2n) is 6.81. The molecule has 0 N–H and O–H groups in total. The number of sulfone groups is 1. The van der Waals surface area contributed by atoms with Crippen LogP contribution in [0.3, 0.4) is 0 Å². The van der Waals surface area contributed by atoms with Crippen molar-refractivity contribution >= 4 is 55.0 Å². The lowest BCUT2D eigenvalue weighted by Gasteiger charge is -2.09. The largest absolute Gasteiger partial charge is 0.455 e. The molecule has 3 aromatic rings. The lowest BCUT2D eigenvalue weighted by molar-refractivity contribution is -0.138. The number of para-hydroxylation sites is 1. The van der Waals surface area contributed by atoms with Gasteiger partial charge in [0, 0.05) is 11.6 Å². The standard InChI is InChI=1S/C19H18ClN3O4S2/c1-12-14(19(20)23(22-12)13-8-9-29(25,26)11-13)6-7-18(24)27-10-17-21-15-4-2-3-5-16(15)28-17/h2-7,13H,8-11H2,1H3/b7-6+/t13-/m1/s1. The minimum atomic E-state index is -3.05. The normalized spacial score (nSPS) is 18.6. The van der Waals surface area contributed by atoms with E-state index in [0.717, 1.165) is 15.2 Å². The summed E-state index contributed by atoms with van der Waals surface area (Å²) >= 11 is 7.88. The third kappa shape index (κ3) is 4.36. The summed E-state index contributed by atoms with van der Waals surface area (Å²) in [6, 6.07) is 7.45. The van der Waals surface area contributed by atoms with Crippen LogP contribution < -0.4 is 0 Å². The molecular formula is C19H18ClN3O4S2. The van der Waals surface area contributed by atoms with Gasteiger partial charge in [0.2, 0.25) is 0 Å². The number of hydrogen-bond acceptors (Lipinski definition) is 7. The van der Waals surface area contributed by atoms with Crippen LogP contribution in [0.5, 0.6) is 0 Å². The van der Waals surface area contributed by atoms with Gasteiger partial charge in [-0.3, -0.25) is 0 Å². The monoisotopic (exact) mass is 451 g/mol. The molecule has 0 amide bonds. The van der Waals surface area contributed by atoms with E-state index in [1.165, 1.54) is 22.1 Å². The Balaban J connectivity index is 1.42. The fraction of sp³-hybridized carbons (Fsp3) is 0.316. The van der Waals surface area contributed by atoms with E-state index in [-0.39, 0.29) is 24.2 Å². The van der Waals surface area contributed by atoms with Gasteiger partial charge in [0.15, 0.2) is 9.84 Å². The maximum absolute atomic E-state index is 12.1. The maximum Gasteiger partial charge on any atom is 0.331 e. The summed E-state index contributed by atoms with van der Waals surface area (Å²) in [5, 5.41) is 5.40. The first-order valence-corrected chi connectivity index (χ1v) is 12.0. The van der Waals surface area contributed by atoms with Crippen LogP contribution in [0.2, 0.25) is 5.15 Å². The quantitative estimate of drug-likeness (QED) is 0.435. The Bertz CT molecular complexity index is 1180. The summed E-state index contributed by atoms with van der Waals surface area (Å²) in [7, 11) is -3.05. The number of carbonyl (C=O) groups is 1. The second kappa shape index (κ2) is 7.89. The molecule has 1 aliphatic rings. The molecule has 0 unspecified atom stereocenters. The van der Waals surface area contributed by atoms with E-state index in [4.69, 9.17) is 16.3 Å².